The van der Waals surface area contributed by atoms with Crippen molar-refractivity contribution in [3.63, 3.8) is 0 Å². The van der Waals surface area contributed by atoms with Crippen molar-refractivity contribution in [2.24, 2.45) is 0 Å². The summed E-state index contributed by atoms with van der Waals surface area (Å²) in [7, 11) is 0. The van der Waals surface area contributed by atoms with E-state index < -0.39 is 0 Å². The van der Waals surface area contributed by atoms with Crippen molar-refractivity contribution in [1.82, 2.24) is 0 Å². The van der Waals surface area contributed by atoms with E-state index in [9.17, 15) is 0 Å². The first-order chi connectivity index (χ1) is 5.27. The quantitative estimate of drug-likeness (QED) is 0.569. The van der Waals surface area contributed by atoms with Crippen LogP contribution in [0, 0.1) is 6.92 Å². The molecule has 0 saturated heterocycles. The second-order valence-corrected chi connectivity index (χ2v) is 2.98. The second-order valence-electron chi connectivity index (χ2n) is 2.98. The van der Waals surface area contributed by atoms with Crippen LogP contribution in [0.4, 0.5) is 5.69 Å². The zero-order valence-electron chi connectivity index (χ0n) is 6.55. The maximum Gasteiger partial charge on any atom is 0.0745 e. The summed E-state index contributed by atoms with van der Waals surface area (Å²) in [6.07, 6.45) is 0. The molecule has 0 saturated carbocycles. The third-order valence-electron chi connectivity index (χ3n) is 2.03. The third kappa shape index (κ3) is 0.994. The molecule has 1 aromatic carbocycles. The summed E-state index contributed by atoms with van der Waals surface area (Å²) < 4.78 is 5.27. The molecule has 1 aliphatic rings. The van der Waals surface area contributed by atoms with Gasteiger partial charge in [0.1, 0.15) is 0 Å². The lowest BCUT2D eigenvalue weighted by Crippen LogP contribution is -1.94. The average molecular weight is 149 g/mol. The van der Waals surface area contributed by atoms with Crippen molar-refractivity contribution in [3.8, 4) is 0 Å². The molecule has 0 atom stereocenters. The van der Waals surface area contributed by atoms with Crippen LogP contribution in [0.15, 0.2) is 12.1 Å². The zero-order valence-corrected chi connectivity index (χ0v) is 6.55. The summed E-state index contributed by atoms with van der Waals surface area (Å²) in [6.45, 7) is 3.46. The SMILES string of the molecule is Cc1cc(N)c2c(c1)COC2. The Hall–Kier alpha value is -1.02. The molecule has 0 bridgehead atoms. The van der Waals surface area contributed by atoms with E-state index in [-0.39, 0.29) is 0 Å². The Balaban J connectivity index is 2.60. The predicted molar refractivity (Wildman–Crippen MR) is 44.1 cm³/mol. The number of rotatable bonds is 0. The van der Waals surface area contributed by atoms with E-state index in [1.54, 1.807) is 0 Å². The number of benzene rings is 1. The molecule has 0 unspecified atom stereocenters. The molecule has 0 spiro atoms. The molecule has 0 fully saturated rings. The van der Waals surface area contributed by atoms with Gasteiger partial charge in [-0.05, 0) is 24.1 Å². The third-order valence-corrected chi connectivity index (χ3v) is 2.03. The Morgan fingerprint density at radius 2 is 2.18 bits per heavy atom. The Bertz CT molecular complexity index is 294. The molecule has 0 radical (unpaired) electrons. The van der Waals surface area contributed by atoms with Crippen LogP contribution in [0.25, 0.3) is 0 Å². The summed E-state index contributed by atoms with van der Waals surface area (Å²) in [5.74, 6) is 0. The van der Waals surface area contributed by atoms with Crippen molar-refractivity contribution >= 4 is 5.69 Å². The number of ether oxygens (including phenoxy) is 1. The van der Waals surface area contributed by atoms with Gasteiger partial charge in [-0.15, -0.1) is 0 Å². The van der Waals surface area contributed by atoms with Crippen LogP contribution in [-0.2, 0) is 18.0 Å². The van der Waals surface area contributed by atoms with Crippen LogP contribution in [-0.4, -0.2) is 0 Å². The highest BCUT2D eigenvalue weighted by molar-refractivity contribution is 5.53. The molecule has 2 heteroatoms. The fourth-order valence-corrected chi connectivity index (χ4v) is 1.49. The molecule has 1 heterocycles. The number of anilines is 1. The predicted octanol–water partition coefficient (Wildman–Crippen LogP) is 1.61. The number of aryl methyl sites for hydroxylation is 1. The summed E-state index contributed by atoms with van der Waals surface area (Å²) in [4.78, 5) is 0. The fraction of sp³-hybridized carbons (Fsp3) is 0.333. The molecule has 2 rings (SSSR count). The standard InChI is InChI=1S/C9H11NO/c1-6-2-7-4-11-5-8(7)9(10)3-6/h2-3H,4-5,10H2,1H3. The fourth-order valence-electron chi connectivity index (χ4n) is 1.49. The van der Waals surface area contributed by atoms with Gasteiger partial charge in [-0.25, -0.2) is 0 Å². The van der Waals surface area contributed by atoms with Gasteiger partial charge in [0.2, 0.25) is 0 Å². The first kappa shape index (κ1) is 6.68. The smallest absolute Gasteiger partial charge is 0.0745 e. The molecule has 0 aromatic heterocycles. The van der Waals surface area contributed by atoms with Gasteiger partial charge in [-0.1, -0.05) is 6.07 Å². The Morgan fingerprint density at radius 3 is 3.00 bits per heavy atom. The maximum atomic E-state index is 5.79. The Labute approximate surface area is 66.0 Å². The first-order valence-corrected chi connectivity index (χ1v) is 3.73. The topological polar surface area (TPSA) is 35.2 Å². The van der Waals surface area contributed by atoms with Crippen molar-refractivity contribution < 1.29 is 4.74 Å². The van der Waals surface area contributed by atoms with Crippen molar-refractivity contribution in [3.05, 3.63) is 28.8 Å². The highest BCUT2D eigenvalue weighted by Crippen LogP contribution is 2.26. The molecule has 11 heavy (non-hydrogen) atoms. The normalized spacial score (nSPS) is 15.0. The minimum absolute atomic E-state index is 0.682. The molecule has 1 aromatic rings. The summed E-state index contributed by atoms with van der Waals surface area (Å²) in [6, 6.07) is 4.13. The van der Waals surface area contributed by atoms with Gasteiger partial charge in [0.25, 0.3) is 0 Å². The number of nitrogens with two attached hydrogens (primary N) is 1. The van der Waals surface area contributed by atoms with Crippen LogP contribution in [0.1, 0.15) is 16.7 Å². The van der Waals surface area contributed by atoms with E-state index >= 15 is 0 Å². The monoisotopic (exact) mass is 149 g/mol. The largest absolute Gasteiger partial charge is 0.398 e. The van der Waals surface area contributed by atoms with Crippen LogP contribution >= 0.6 is 0 Å². The molecule has 0 aliphatic carbocycles. The van der Waals surface area contributed by atoms with E-state index in [2.05, 4.69) is 13.0 Å². The van der Waals surface area contributed by atoms with Crippen LogP contribution in [0.3, 0.4) is 0 Å². The number of fused-ring (bicyclic) bond motifs is 1. The maximum absolute atomic E-state index is 5.79. The van der Waals surface area contributed by atoms with Gasteiger partial charge < -0.3 is 10.5 Å². The van der Waals surface area contributed by atoms with Crippen molar-refractivity contribution in [2.45, 2.75) is 20.1 Å². The van der Waals surface area contributed by atoms with Gasteiger partial charge in [0, 0.05) is 11.3 Å². The molecule has 0 amide bonds. The van der Waals surface area contributed by atoms with Gasteiger partial charge in [-0.3, -0.25) is 0 Å². The van der Waals surface area contributed by atoms with E-state index in [0.29, 0.717) is 6.61 Å². The van der Waals surface area contributed by atoms with Crippen LogP contribution in [0.5, 0.6) is 0 Å². The van der Waals surface area contributed by atoms with Gasteiger partial charge in [0.15, 0.2) is 0 Å². The molecule has 2 nitrogen and oxygen atoms in total. The van der Waals surface area contributed by atoms with Crippen LogP contribution in [0.2, 0.25) is 0 Å². The summed E-state index contributed by atoms with van der Waals surface area (Å²) >= 11 is 0. The molecule has 58 valence electrons. The summed E-state index contributed by atoms with van der Waals surface area (Å²) in [5.41, 5.74) is 10.3. The van der Waals surface area contributed by atoms with Crippen LogP contribution < -0.4 is 5.73 Å². The Kier molecular flexibility index (Phi) is 1.36. The van der Waals surface area contributed by atoms with Gasteiger partial charge >= 0.3 is 0 Å². The first-order valence-electron chi connectivity index (χ1n) is 3.73. The van der Waals surface area contributed by atoms with E-state index in [0.717, 1.165) is 12.3 Å². The molecule has 1 aliphatic heterocycles. The number of nitrogen functional groups attached to an aromatic ring is 1. The van der Waals surface area contributed by atoms with Gasteiger partial charge in [0.05, 0.1) is 13.2 Å². The second kappa shape index (κ2) is 2.24. The zero-order chi connectivity index (χ0) is 7.84. The van der Waals surface area contributed by atoms with Crippen molar-refractivity contribution in [2.75, 3.05) is 5.73 Å². The minimum atomic E-state index is 0.682. The molecular weight excluding hydrogens is 138 g/mol. The lowest BCUT2D eigenvalue weighted by Gasteiger charge is -2.02. The van der Waals surface area contributed by atoms with E-state index in [1.165, 1.54) is 16.7 Å². The molecular formula is C9H11NO. The summed E-state index contributed by atoms with van der Waals surface area (Å²) in [5, 5.41) is 0. The number of hydrogen-bond acceptors (Lipinski definition) is 2. The lowest BCUT2D eigenvalue weighted by atomic mass is 10.1. The number of hydrogen-bond donors (Lipinski definition) is 1. The van der Waals surface area contributed by atoms with E-state index in [1.807, 2.05) is 6.07 Å². The average Bonchev–Trinajstić information content (AvgIpc) is 2.34. The highest BCUT2D eigenvalue weighted by Gasteiger charge is 2.13. The van der Waals surface area contributed by atoms with Crippen molar-refractivity contribution in [1.29, 1.82) is 0 Å². The van der Waals surface area contributed by atoms with Gasteiger partial charge in [-0.2, -0.15) is 0 Å². The molecule has 2 N–H and O–H groups in total. The lowest BCUT2D eigenvalue weighted by molar-refractivity contribution is 0.134. The highest BCUT2D eigenvalue weighted by atomic mass is 16.5. The minimum Gasteiger partial charge on any atom is -0.398 e. The van der Waals surface area contributed by atoms with E-state index in [4.69, 9.17) is 10.5 Å². The Morgan fingerprint density at radius 1 is 1.36 bits per heavy atom.